The third kappa shape index (κ3) is 4.22. The molecule has 0 aromatic carbocycles. The molecular formula is C8H9FN2O4S. The predicted molar refractivity (Wildman–Crippen MR) is 53.9 cm³/mol. The molecule has 0 atom stereocenters. The van der Waals surface area contributed by atoms with Crippen molar-refractivity contribution in [3.8, 4) is 0 Å². The molecule has 0 spiro atoms. The van der Waals surface area contributed by atoms with Crippen LogP contribution in [0.4, 0.5) is 10.1 Å². The van der Waals surface area contributed by atoms with E-state index in [-0.39, 0.29) is 5.69 Å². The van der Waals surface area contributed by atoms with Gasteiger partial charge in [-0.05, 0) is 12.1 Å². The Balaban J connectivity index is 2.65. The number of aliphatic carboxylic acids is 1. The first-order valence-corrected chi connectivity index (χ1v) is 5.88. The number of sulfonamides is 1. The third-order valence-electron chi connectivity index (χ3n) is 1.59. The van der Waals surface area contributed by atoms with E-state index in [0.29, 0.717) is 0 Å². The lowest BCUT2D eigenvalue weighted by atomic mass is 10.4. The molecule has 0 aliphatic heterocycles. The van der Waals surface area contributed by atoms with Crippen molar-refractivity contribution in [2.75, 3.05) is 10.5 Å². The number of rotatable bonds is 5. The zero-order valence-electron chi connectivity index (χ0n) is 8.05. The lowest BCUT2D eigenvalue weighted by Crippen LogP contribution is -2.19. The topological polar surface area (TPSA) is 96.4 Å². The van der Waals surface area contributed by atoms with Crippen LogP contribution in [-0.4, -0.2) is 30.2 Å². The van der Waals surface area contributed by atoms with E-state index in [2.05, 4.69) is 9.71 Å². The maximum absolute atomic E-state index is 12.4. The number of carboxylic acid groups (broad SMARTS) is 1. The summed E-state index contributed by atoms with van der Waals surface area (Å²) in [5, 5.41) is 8.33. The van der Waals surface area contributed by atoms with Crippen molar-refractivity contribution in [3.05, 3.63) is 24.3 Å². The van der Waals surface area contributed by atoms with Gasteiger partial charge in [0, 0.05) is 0 Å². The van der Waals surface area contributed by atoms with Gasteiger partial charge in [-0.15, -0.1) is 0 Å². The maximum Gasteiger partial charge on any atom is 0.304 e. The van der Waals surface area contributed by atoms with E-state index in [4.69, 9.17) is 5.11 Å². The number of carboxylic acids is 1. The second kappa shape index (κ2) is 4.88. The minimum atomic E-state index is -3.74. The number of hydrogen-bond donors (Lipinski definition) is 2. The molecule has 0 fully saturated rings. The van der Waals surface area contributed by atoms with Gasteiger partial charge in [-0.3, -0.25) is 9.52 Å². The van der Waals surface area contributed by atoms with Crippen LogP contribution in [0, 0.1) is 5.95 Å². The molecular weight excluding hydrogens is 239 g/mol. The van der Waals surface area contributed by atoms with E-state index in [1.165, 1.54) is 6.07 Å². The second-order valence-corrected chi connectivity index (χ2v) is 4.78. The van der Waals surface area contributed by atoms with Gasteiger partial charge in [0.05, 0.1) is 24.1 Å². The highest BCUT2D eigenvalue weighted by Gasteiger charge is 2.12. The van der Waals surface area contributed by atoms with E-state index in [1.54, 1.807) is 0 Å². The summed E-state index contributed by atoms with van der Waals surface area (Å²) in [5.74, 6) is -2.48. The molecule has 0 radical (unpaired) electrons. The molecule has 0 amide bonds. The van der Waals surface area contributed by atoms with Crippen LogP contribution >= 0.6 is 0 Å². The van der Waals surface area contributed by atoms with Crippen molar-refractivity contribution in [1.29, 1.82) is 0 Å². The molecule has 0 bridgehead atoms. The van der Waals surface area contributed by atoms with Gasteiger partial charge < -0.3 is 5.11 Å². The number of hydrogen-bond acceptors (Lipinski definition) is 4. The van der Waals surface area contributed by atoms with Gasteiger partial charge >= 0.3 is 5.97 Å². The Morgan fingerprint density at radius 1 is 1.50 bits per heavy atom. The highest BCUT2D eigenvalue weighted by Crippen LogP contribution is 2.08. The third-order valence-corrected chi connectivity index (χ3v) is 2.87. The van der Waals surface area contributed by atoms with Crippen molar-refractivity contribution in [1.82, 2.24) is 4.98 Å². The van der Waals surface area contributed by atoms with Crippen molar-refractivity contribution < 1.29 is 22.7 Å². The molecule has 0 aliphatic rings. The Labute approximate surface area is 91.2 Å². The van der Waals surface area contributed by atoms with E-state index in [0.717, 1.165) is 12.3 Å². The molecule has 1 aromatic heterocycles. The van der Waals surface area contributed by atoms with Crippen LogP contribution in [0.3, 0.4) is 0 Å². The zero-order valence-corrected chi connectivity index (χ0v) is 8.87. The van der Waals surface area contributed by atoms with Crippen LogP contribution < -0.4 is 4.72 Å². The summed E-state index contributed by atoms with van der Waals surface area (Å²) in [5.41, 5.74) is 0.0896. The van der Waals surface area contributed by atoms with Crippen LogP contribution in [0.1, 0.15) is 6.42 Å². The molecule has 8 heteroatoms. The van der Waals surface area contributed by atoms with Crippen LogP contribution in [-0.2, 0) is 14.8 Å². The molecule has 0 saturated carbocycles. The summed E-state index contributed by atoms with van der Waals surface area (Å²) in [7, 11) is -3.74. The number of nitrogens with zero attached hydrogens (tertiary/aromatic N) is 1. The first-order valence-electron chi connectivity index (χ1n) is 4.23. The number of carbonyl (C=O) groups is 1. The van der Waals surface area contributed by atoms with Gasteiger partial charge in [0.15, 0.2) is 0 Å². The molecule has 88 valence electrons. The Bertz CT molecular complexity index is 471. The fourth-order valence-electron chi connectivity index (χ4n) is 0.888. The number of pyridine rings is 1. The van der Waals surface area contributed by atoms with Crippen LogP contribution in [0.2, 0.25) is 0 Å². The number of halogens is 1. The lowest BCUT2D eigenvalue weighted by molar-refractivity contribution is -0.136. The van der Waals surface area contributed by atoms with Crippen LogP contribution in [0.25, 0.3) is 0 Å². The zero-order chi connectivity index (χ0) is 12.2. The normalized spacial score (nSPS) is 11.1. The van der Waals surface area contributed by atoms with E-state index < -0.39 is 34.1 Å². The Hall–Kier alpha value is -1.70. The summed E-state index contributed by atoms with van der Waals surface area (Å²) >= 11 is 0. The van der Waals surface area contributed by atoms with Gasteiger partial charge in [-0.25, -0.2) is 13.4 Å². The van der Waals surface area contributed by atoms with Crippen molar-refractivity contribution in [2.24, 2.45) is 0 Å². The summed E-state index contributed by atoms with van der Waals surface area (Å²) in [6.07, 6.45) is 0.512. The highest BCUT2D eigenvalue weighted by atomic mass is 32.2. The molecule has 16 heavy (non-hydrogen) atoms. The predicted octanol–water partition coefficient (Wildman–Crippen LogP) is 0.437. The number of nitrogens with one attached hydrogen (secondary N) is 1. The fourth-order valence-corrected chi connectivity index (χ4v) is 1.91. The SMILES string of the molecule is O=C(O)CCS(=O)(=O)Nc1ccc(F)nc1. The van der Waals surface area contributed by atoms with E-state index >= 15 is 0 Å². The summed E-state index contributed by atoms with van der Waals surface area (Å²) in [6.45, 7) is 0. The van der Waals surface area contributed by atoms with E-state index in [9.17, 15) is 17.6 Å². The summed E-state index contributed by atoms with van der Waals surface area (Å²) in [6, 6.07) is 2.19. The smallest absolute Gasteiger partial charge is 0.304 e. The molecule has 2 N–H and O–H groups in total. The molecule has 0 unspecified atom stereocenters. The molecule has 1 aromatic rings. The molecule has 1 heterocycles. The highest BCUT2D eigenvalue weighted by molar-refractivity contribution is 7.92. The number of anilines is 1. The molecule has 0 aliphatic carbocycles. The fraction of sp³-hybridized carbons (Fsp3) is 0.250. The first-order chi connectivity index (χ1) is 7.39. The maximum atomic E-state index is 12.4. The average molecular weight is 248 g/mol. The summed E-state index contributed by atoms with van der Waals surface area (Å²) < 4.78 is 37.1. The van der Waals surface area contributed by atoms with Gasteiger partial charge in [-0.2, -0.15) is 4.39 Å². The molecule has 6 nitrogen and oxygen atoms in total. The van der Waals surface area contributed by atoms with Gasteiger partial charge in [0.25, 0.3) is 0 Å². The molecule has 0 saturated heterocycles. The van der Waals surface area contributed by atoms with E-state index in [1.807, 2.05) is 0 Å². The van der Waals surface area contributed by atoms with Crippen LogP contribution in [0.5, 0.6) is 0 Å². The van der Waals surface area contributed by atoms with Gasteiger partial charge in [-0.1, -0.05) is 0 Å². The Kier molecular flexibility index (Phi) is 3.78. The lowest BCUT2D eigenvalue weighted by Gasteiger charge is -2.05. The van der Waals surface area contributed by atoms with Gasteiger partial charge in [0.2, 0.25) is 16.0 Å². The first kappa shape index (κ1) is 12.4. The summed E-state index contributed by atoms with van der Waals surface area (Å²) in [4.78, 5) is 13.4. The second-order valence-electron chi connectivity index (χ2n) is 2.93. The largest absolute Gasteiger partial charge is 0.481 e. The van der Waals surface area contributed by atoms with Gasteiger partial charge in [0.1, 0.15) is 0 Å². The van der Waals surface area contributed by atoms with Crippen molar-refractivity contribution in [3.63, 3.8) is 0 Å². The minimum absolute atomic E-state index is 0.0896. The van der Waals surface area contributed by atoms with Crippen LogP contribution in [0.15, 0.2) is 18.3 Å². The average Bonchev–Trinajstić information content (AvgIpc) is 2.19. The Morgan fingerprint density at radius 2 is 2.19 bits per heavy atom. The quantitative estimate of drug-likeness (QED) is 0.737. The Morgan fingerprint density at radius 3 is 2.69 bits per heavy atom. The minimum Gasteiger partial charge on any atom is -0.481 e. The van der Waals surface area contributed by atoms with Crippen molar-refractivity contribution in [2.45, 2.75) is 6.42 Å². The standard InChI is InChI=1S/C8H9FN2O4S/c9-7-2-1-6(5-10-7)11-16(14,15)4-3-8(12)13/h1-2,5,11H,3-4H2,(H,12,13). The van der Waals surface area contributed by atoms with Crippen molar-refractivity contribution >= 4 is 21.7 Å². The molecule has 1 rings (SSSR count). The monoisotopic (exact) mass is 248 g/mol. The number of aromatic nitrogens is 1.